The number of hydrogen-bond acceptors (Lipinski definition) is 6. The van der Waals surface area contributed by atoms with Crippen molar-refractivity contribution in [2.45, 2.75) is 0 Å². The largest absolute Gasteiger partial charge is 0.457 e. The summed E-state index contributed by atoms with van der Waals surface area (Å²) >= 11 is 0. The summed E-state index contributed by atoms with van der Waals surface area (Å²) in [7, 11) is 0. The van der Waals surface area contributed by atoms with Gasteiger partial charge in [0.15, 0.2) is 23.1 Å². The quantitative estimate of drug-likeness (QED) is 0.120. The molecule has 0 aliphatic heterocycles. The molecule has 7 rings (SSSR count). The van der Waals surface area contributed by atoms with Crippen LogP contribution in [0.2, 0.25) is 0 Å². The molecule has 0 radical (unpaired) electrons. The fraction of sp³-hybridized carbons (Fsp3) is 0. The first kappa shape index (κ1) is 33.3. The molecule has 0 saturated carbocycles. The lowest BCUT2D eigenvalue weighted by atomic mass is 9.98. The predicted molar refractivity (Wildman–Crippen MR) is 199 cm³/mol. The van der Waals surface area contributed by atoms with E-state index in [2.05, 4.69) is 0 Å². The summed E-state index contributed by atoms with van der Waals surface area (Å²) in [5.74, 6) is 1.72. The summed E-state index contributed by atoms with van der Waals surface area (Å²) in [5.41, 5.74) is 4.21. The number of rotatable bonds is 12. The van der Waals surface area contributed by atoms with Gasteiger partial charge < -0.3 is 9.47 Å². The second-order valence-electron chi connectivity index (χ2n) is 11.9. The zero-order valence-electron chi connectivity index (χ0n) is 27.8. The first-order valence-electron chi connectivity index (χ1n) is 16.6. The lowest BCUT2D eigenvalue weighted by Gasteiger charge is -2.09. The Morgan fingerprint density at radius 1 is 0.231 bits per heavy atom. The molecule has 6 nitrogen and oxygen atoms in total. The van der Waals surface area contributed by atoms with Crippen LogP contribution in [0.1, 0.15) is 63.7 Å². The van der Waals surface area contributed by atoms with Gasteiger partial charge in [-0.05, 0) is 97.1 Å². The Labute approximate surface area is 300 Å². The van der Waals surface area contributed by atoms with Crippen LogP contribution in [0.15, 0.2) is 182 Å². The second kappa shape index (κ2) is 15.2. The van der Waals surface area contributed by atoms with E-state index in [1.807, 2.05) is 36.4 Å². The van der Waals surface area contributed by atoms with Gasteiger partial charge in [-0.25, -0.2) is 0 Å². The number of ether oxygens (including phenoxy) is 2. The maximum Gasteiger partial charge on any atom is 0.193 e. The standard InChI is InChI=1S/C46H30O6/c47-43(31-7-3-1-4-8-31)35-15-23-39(24-16-35)51-41-27-19-37(20-28-41)45(49)33-11-13-34(14-12-33)46(50)38-21-29-42(30-22-38)52-40-25-17-36(18-26-40)44(48)32-9-5-2-6-10-32/h1-30H. The monoisotopic (exact) mass is 678 g/mol. The molecule has 52 heavy (non-hydrogen) atoms. The van der Waals surface area contributed by atoms with Gasteiger partial charge in [-0.3, -0.25) is 19.2 Å². The molecular weight excluding hydrogens is 648 g/mol. The van der Waals surface area contributed by atoms with Crippen molar-refractivity contribution in [3.05, 3.63) is 226 Å². The first-order valence-corrected chi connectivity index (χ1v) is 16.6. The smallest absolute Gasteiger partial charge is 0.193 e. The van der Waals surface area contributed by atoms with E-state index in [1.165, 1.54) is 0 Å². The lowest BCUT2D eigenvalue weighted by molar-refractivity contribution is 0.102. The highest BCUT2D eigenvalue weighted by molar-refractivity contribution is 6.12. The van der Waals surface area contributed by atoms with Gasteiger partial charge in [0.25, 0.3) is 0 Å². The van der Waals surface area contributed by atoms with Crippen LogP contribution in [0.5, 0.6) is 23.0 Å². The van der Waals surface area contributed by atoms with Crippen LogP contribution in [0.4, 0.5) is 0 Å². The Morgan fingerprint density at radius 2 is 0.404 bits per heavy atom. The molecule has 0 atom stereocenters. The van der Waals surface area contributed by atoms with Crippen molar-refractivity contribution in [1.29, 1.82) is 0 Å². The summed E-state index contributed by atoms with van der Waals surface area (Å²) in [6, 6.07) is 52.2. The Kier molecular flexibility index (Phi) is 9.71. The van der Waals surface area contributed by atoms with Crippen molar-refractivity contribution in [1.82, 2.24) is 0 Å². The van der Waals surface area contributed by atoms with Gasteiger partial charge in [0, 0.05) is 44.5 Å². The minimum atomic E-state index is -0.187. The predicted octanol–water partition coefficient (Wildman–Crippen LogP) is 10.2. The molecule has 0 amide bonds. The summed E-state index contributed by atoms with van der Waals surface area (Å²) in [6.45, 7) is 0. The van der Waals surface area contributed by atoms with E-state index in [0.29, 0.717) is 67.5 Å². The topological polar surface area (TPSA) is 86.7 Å². The highest BCUT2D eigenvalue weighted by atomic mass is 16.5. The minimum absolute atomic E-state index is 0.0637. The third-order valence-corrected chi connectivity index (χ3v) is 8.42. The Morgan fingerprint density at radius 3 is 0.615 bits per heavy atom. The van der Waals surface area contributed by atoms with Crippen molar-refractivity contribution < 1.29 is 28.7 Å². The molecule has 0 bridgehead atoms. The first-order chi connectivity index (χ1) is 25.4. The molecule has 0 saturated heterocycles. The lowest BCUT2D eigenvalue weighted by Crippen LogP contribution is -2.04. The number of benzene rings is 7. The zero-order chi connectivity index (χ0) is 35.9. The zero-order valence-corrected chi connectivity index (χ0v) is 27.8. The van der Waals surface area contributed by atoms with Crippen molar-refractivity contribution in [3.63, 3.8) is 0 Å². The minimum Gasteiger partial charge on any atom is -0.457 e. The molecule has 0 aliphatic carbocycles. The van der Waals surface area contributed by atoms with E-state index >= 15 is 0 Å². The number of carbonyl (C=O) groups excluding carboxylic acids is 4. The second-order valence-corrected chi connectivity index (χ2v) is 11.9. The molecule has 0 spiro atoms. The number of hydrogen-bond donors (Lipinski definition) is 0. The van der Waals surface area contributed by atoms with Gasteiger partial charge in [-0.2, -0.15) is 0 Å². The third-order valence-electron chi connectivity index (χ3n) is 8.42. The van der Waals surface area contributed by atoms with Crippen molar-refractivity contribution in [2.24, 2.45) is 0 Å². The molecule has 6 heteroatoms. The van der Waals surface area contributed by atoms with Crippen LogP contribution < -0.4 is 9.47 Å². The molecule has 0 unspecified atom stereocenters. The summed E-state index contributed by atoms with van der Waals surface area (Å²) in [6.07, 6.45) is 0. The average Bonchev–Trinajstić information content (AvgIpc) is 3.21. The van der Waals surface area contributed by atoms with E-state index < -0.39 is 0 Å². The third kappa shape index (κ3) is 7.67. The van der Waals surface area contributed by atoms with E-state index in [9.17, 15) is 19.2 Å². The van der Waals surface area contributed by atoms with Crippen LogP contribution in [0.25, 0.3) is 0 Å². The van der Waals surface area contributed by atoms with Gasteiger partial charge >= 0.3 is 0 Å². The highest BCUT2D eigenvalue weighted by Gasteiger charge is 2.14. The summed E-state index contributed by atoms with van der Waals surface area (Å²) in [5, 5.41) is 0. The maximum absolute atomic E-state index is 13.2. The molecule has 0 aliphatic rings. The van der Waals surface area contributed by atoms with Gasteiger partial charge in [0.1, 0.15) is 23.0 Å². The van der Waals surface area contributed by atoms with Crippen LogP contribution in [0.3, 0.4) is 0 Å². The molecule has 0 heterocycles. The van der Waals surface area contributed by atoms with Crippen molar-refractivity contribution >= 4 is 23.1 Å². The molecule has 7 aromatic rings. The van der Waals surface area contributed by atoms with E-state index in [-0.39, 0.29) is 23.1 Å². The highest BCUT2D eigenvalue weighted by Crippen LogP contribution is 2.26. The normalized spacial score (nSPS) is 10.6. The summed E-state index contributed by atoms with van der Waals surface area (Å²) in [4.78, 5) is 51.7. The Hall–Kier alpha value is -7.18. The van der Waals surface area contributed by atoms with Gasteiger partial charge in [-0.15, -0.1) is 0 Å². The Balaban J connectivity index is 0.932. The van der Waals surface area contributed by atoms with Crippen molar-refractivity contribution in [3.8, 4) is 23.0 Å². The molecule has 0 aromatic heterocycles. The SMILES string of the molecule is O=C(c1ccccc1)c1ccc(Oc2ccc(C(=O)c3ccc(C(=O)c4ccc(Oc5ccc(C(=O)c6ccccc6)cc5)cc4)cc3)cc2)cc1. The van der Waals surface area contributed by atoms with Gasteiger partial charge in [-0.1, -0.05) is 84.9 Å². The average molecular weight is 679 g/mol. The molecule has 0 N–H and O–H groups in total. The number of ketones is 4. The van der Waals surface area contributed by atoms with Crippen LogP contribution >= 0.6 is 0 Å². The van der Waals surface area contributed by atoms with E-state index in [1.54, 1.807) is 146 Å². The number of carbonyl (C=O) groups is 4. The van der Waals surface area contributed by atoms with Crippen LogP contribution in [-0.2, 0) is 0 Å². The molecule has 7 aromatic carbocycles. The fourth-order valence-corrected chi connectivity index (χ4v) is 5.59. The van der Waals surface area contributed by atoms with Gasteiger partial charge in [0.2, 0.25) is 0 Å². The van der Waals surface area contributed by atoms with E-state index in [0.717, 1.165) is 0 Å². The Bertz CT molecular complexity index is 2170. The molecular formula is C46H30O6. The summed E-state index contributed by atoms with van der Waals surface area (Å²) < 4.78 is 11.9. The maximum atomic E-state index is 13.2. The van der Waals surface area contributed by atoms with Crippen LogP contribution in [-0.4, -0.2) is 23.1 Å². The van der Waals surface area contributed by atoms with E-state index in [4.69, 9.17) is 9.47 Å². The van der Waals surface area contributed by atoms with Crippen molar-refractivity contribution in [2.75, 3.05) is 0 Å². The van der Waals surface area contributed by atoms with Gasteiger partial charge in [0.05, 0.1) is 0 Å². The fourth-order valence-electron chi connectivity index (χ4n) is 5.59. The molecule has 250 valence electrons. The molecule has 0 fully saturated rings. The van der Waals surface area contributed by atoms with Crippen LogP contribution in [0, 0.1) is 0 Å².